The van der Waals surface area contributed by atoms with E-state index in [9.17, 15) is 5.26 Å². The summed E-state index contributed by atoms with van der Waals surface area (Å²) in [7, 11) is 0. The molecular formula is C17H19N3S. The highest BCUT2D eigenvalue weighted by molar-refractivity contribution is 7.99. The van der Waals surface area contributed by atoms with E-state index in [1.165, 1.54) is 0 Å². The number of anilines is 1. The van der Waals surface area contributed by atoms with Crippen LogP contribution in [-0.2, 0) is 0 Å². The molecular weight excluding hydrogens is 278 g/mol. The van der Waals surface area contributed by atoms with Gasteiger partial charge in [0, 0.05) is 17.5 Å². The van der Waals surface area contributed by atoms with Gasteiger partial charge in [0.15, 0.2) is 0 Å². The van der Waals surface area contributed by atoms with E-state index in [1.807, 2.05) is 48.5 Å². The summed E-state index contributed by atoms with van der Waals surface area (Å²) in [6.07, 6.45) is 0. The van der Waals surface area contributed by atoms with Gasteiger partial charge in [0.2, 0.25) is 0 Å². The van der Waals surface area contributed by atoms with E-state index in [1.54, 1.807) is 11.8 Å². The highest BCUT2D eigenvalue weighted by Gasteiger charge is 2.10. The van der Waals surface area contributed by atoms with Crippen molar-refractivity contribution in [3.05, 3.63) is 59.7 Å². The van der Waals surface area contributed by atoms with Gasteiger partial charge in [-0.2, -0.15) is 5.26 Å². The molecule has 0 amide bonds. The highest BCUT2D eigenvalue weighted by Crippen LogP contribution is 2.28. The number of nitrogens with one attached hydrogen (secondary N) is 1. The zero-order valence-corrected chi connectivity index (χ0v) is 12.9. The number of hydrogen-bond donors (Lipinski definition) is 2. The van der Waals surface area contributed by atoms with Gasteiger partial charge in [-0.05, 0) is 23.4 Å². The van der Waals surface area contributed by atoms with E-state index in [-0.39, 0.29) is 6.04 Å². The summed E-state index contributed by atoms with van der Waals surface area (Å²) >= 11 is 1.68. The SMILES string of the molecule is CCSc1cccc(NCC(N)c2ccccc2)c1C#N. The van der Waals surface area contributed by atoms with Crippen LogP contribution in [0.1, 0.15) is 24.1 Å². The Bertz CT molecular complexity index is 620. The van der Waals surface area contributed by atoms with Crippen LogP contribution in [0.25, 0.3) is 0 Å². The predicted octanol–water partition coefficient (Wildman–Crippen LogP) is 3.78. The second kappa shape index (κ2) is 7.72. The summed E-state index contributed by atoms with van der Waals surface area (Å²) in [6.45, 7) is 2.68. The molecule has 3 N–H and O–H groups in total. The molecule has 2 aromatic rings. The van der Waals surface area contributed by atoms with Crippen LogP contribution in [0.5, 0.6) is 0 Å². The molecule has 0 aromatic heterocycles. The van der Waals surface area contributed by atoms with E-state index >= 15 is 0 Å². The maximum absolute atomic E-state index is 9.37. The number of rotatable bonds is 6. The fourth-order valence-electron chi connectivity index (χ4n) is 2.11. The first-order chi connectivity index (χ1) is 10.3. The van der Waals surface area contributed by atoms with E-state index in [4.69, 9.17) is 5.73 Å². The number of hydrogen-bond acceptors (Lipinski definition) is 4. The molecule has 2 aromatic carbocycles. The van der Waals surface area contributed by atoms with Crippen LogP contribution >= 0.6 is 11.8 Å². The number of thioether (sulfide) groups is 1. The quantitative estimate of drug-likeness (QED) is 0.796. The lowest BCUT2D eigenvalue weighted by molar-refractivity contribution is 0.764. The average Bonchev–Trinajstić information content (AvgIpc) is 2.54. The highest BCUT2D eigenvalue weighted by atomic mass is 32.2. The molecule has 0 fully saturated rings. The first kappa shape index (κ1) is 15.4. The van der Waals surface area contributed by atoms with Gasteiger partial charge in [-0.15, -0.1) is 11.8 Å². The van der Waals surface area contributed by atoms with Crippen molar-refractivity contribution in [1.82, 2.24) is 0 Å². The molecule has 2 rings (SSSR count). The van der Waals surface area contributed by atoms with Gasteiger partial charge in [0.1, 0.15) is 6.07 Å². The molecule has 0 bridgehead atoms. The van der Waals surface area contributed by atoms with Crippen LogP contribution in [0, 0.1) is 11.3 Å². The van der Waals surface area contributed by atoms with Gasteiger partial charge in [-0.1, -0.05) is 43.3 Å². The van der Waals surface area contributed by atoms with Crippen molar-refractivity contribution >= 4 is 17.4 Å². The van der Waals surface area contributed by atoms with E-state index in [0.717, 1.165) is 21.9 Å². The molecule has 0 spiro atoms. The van der Waals surface area contributed by atoms with Gasteiger partial charge < -0.3 is 11.1 Å². The lowest BCUT2D eigenvalue weighted by Crippen LogP contribution is -2.20. The van der Waals surface area contributed by atoms with Crippen LogP contribution in [-0.4, -0.2) is 12.3 Å². The van der Waals surface area contributed by atoms with E-state index < -0.39 is 0 Å². The average molecular weight is 297 g/mol. The smallest absolute Gasteiger partial charge is 0.102 e. The Morgan fingerprint density at radius 2 is 1.95 bits per heavy atom. The Labute approximate surface area is 130 Å². The van der Waals surface area contributed by atoms with Crippen molar-refractivity contribution in [2.24, 2.45) is 5.73 Å². The molecule has 0 saturated heterocycles. The first-order valence-corrected chi connectivity index (χ1v) is 7.95. The van der Waals surface area contributed by atoms with Gasteiger partial charge in [-0.25, -0.2) is 0 Å². The molecule has 0 saturated carbocycles. The summed E-state index contributed by atoms with van der Waals surface area (Å²) in [6, 6.07) is 18.0. The Hall–Kier alpha value is -1.96. The topological polar surface area (TPSA) is 61.8 Å². The Balaban J connectivity index is 2.10. The van der Waals surface area contributed by atoms with Crippen molar-refractivity contribution in [3.63, 3.8) is 0 Å². The standard InChI is InChI=1S/C17H19N3S/c1-2-21-17-10-6-9-16(14(17)11-18)20-12-15(19)13-7-4-3-5-8-13/h3-10,15,20H,2,12,19H2,1H3. The minimum atomic E-state index is -0.0970. The summed E-state index contributed by atoms with van der Waals surface area (Å²) in [5.41, 5.74) is 8.81. The van der Waals surface area contributed by atoms with Gasteiger partial charge in [0.25, 0.3) is 0 Å². The number of nitrogens with zero attached hydrogens (tertiary/aromatic N) is 1. The summed E-state index contributed by atoms with van der Waals surface area (Å²) in [5.74, 6) is 0.946. The Morgan fingerprint density at radius 3 is 2.62 bits per heavy atom. The zero-order chi connectivity index (χ0) is 15.1. The second-order valence-electron chi connectivity index (χ2n) is 4.62. The summed E-state index contributed by atoms with van der Waals surface area (Å²) in [4.78, 5) is 1.01. The predicted molar refractivity (Wildman–Crippen MR) is 89.4 cm³/mol. The largest absolute Gasteiger partial charge is 0.382 e. The van der Waals surface area contributed by atoms with E-state index in [2.05, 4.69) is 18.3 Å². The lowest BCUT2D eigenvalue weighted by atomic mass is 10.1. The molecule has 0 aliphatic rings. The number of benzene rings is 2. The molecule has 1 unspecified atom stereocenters. The van der Waals surface area contributed by atoms with Gasteiger partial charge in [0.05, 0.1) is 11.3 Å². The molecule has 0 radical (unpaired) electrons. The summed E-state index contributed by atoms with van der Waals surface area (Å²) < 4.78 is 0. The van der Waals surface area contributed by atoms with Crippen molar-refractivity contribution < 1.29 is 0 Å². The van der Waals surface area contributed by atoms with Crippen molar-refractivity contribution in [1.29, 1.82) is 5.26 Å². The number of nitriles is 1. The molecule has 1 atom stereocenters. The molecule has 21 heavy (non-hydrogen) atoms. The fraction of sp³-hybridized carbons (Fsp3) is 0.235. The summed E-state index contributed by atoms with van der Waals surface area (Å²) in [5, 5.41) is 12.7. The van der Waals surface area contributed by atoms with Crippen LogP contribution < -0.4 is 11.1 Å². The number of nitrogens with two attached hydrogens (primary N) is 1. The van der Waals surface area contributed by atoms with Gasteiger partial charge >= 0.3 is 0 Å². The van der Waals surface area contributed by atoms with Crippen LogP contribution in [0.15, 0.2) is 53.4 Å². The minimum absolute atomic E-state index is 0.0970. The molecule has 4 heteroatoms. The van der Waals surface area contributed by atoms with E-state index in [0.29, 0.717) is 12.1 Å². The monoisotopic (exact) mass is 297 g/mol. The third-order valence-electron chi connectivity index (χ3n) is 3.18. The molecule has 0 aliphatic heterocycles. The molecule has 3 nitrogen and oxygen atoms in total. The third kappa shape index (κ3) is 4.01. The normalized spacial score (nSPS) is 11.7. The maximum Gasteiger partial charge on any atom is 0.102 e. The van der Waals surface area contributed by atoms with Crippen LogP contribution in [0.4, 0.5) is 5.69 Å². The molecule has 108 valence electrons. The fourth-order valence-corrected chi connectivity index (χ4v) is 2.89. The van der Waals surface area contributed by atoms with Crippen LogP contribution in [0.2, 0.25) is 0 Å². The van der Waals surface area contributed by atoms with Crippen molar-refractivity contribution in [2.75, 3.05) is 17.6 Å². The van der Waals surface area contributed by atoms with Crippen molar-refractivity contribution in [2.45, 2.75) is 17.9 Å². The molecule has 0 aliphatic carbocycles. The van der Waals surface area contributed by atoms with Crippen LogP contribution in [0.3, 0.4) is 0 Å². The van der Waals surface area contributed by atoms with Gasteiger partial charge in [-0.3, -0.25) is 0 Å². The third-order valence-corrected chi connectivity index (χ3v) is 4.12. The molecule has 0 heterocycles. The maximum atomic E-state index is 9.37. The lowest BCUT2D eigenvalue weighted by Gasteiger charge is -2.16. The Kier molecular flexibility index (Phi) is 5.68. The Morgan fingerprint density at radius 1 is 1.19 bits per heavy atom. The second-order valence-corrected chi connectivity index (χ2v) is 5.93. The zero-order valence-electron chi connectivity index (χ0n) is 12.0. The minimum Gasteiger partial charge on any atom is -0.382 e. The van der Waals surface area contributed by atoms with Crippen molar-refractivity contribution in [3.8, 4) is 6.07 Å². The first-order valence-electron chi connectivity index (χ1n) is 6.96.